The normalized spacial score (nSPS) is 15.1. The zero-order valence-electron chi connectivity index (χ0n) is 15.4. The summed E-state index contributed by atoms with van der Waals surface area (Å²) in [7, 11) is 0. The highest BCUT2D eigenvalue weighted by Gasteiger charge is 2.40. The first-order chi connectivity index (χ1) is 13.2. The van der Waals surface area contributed by atoms with Crippen molar-refractivity contribution in [3.8, 4) is 0 Å². The van der Waals surface area contributed by atoms with Gasteiger partial charge in [-0.1, -0.05) is 11.3 Å². The molecule has 1 N–H and O–H groups in total. The Labute approximate surface area is 163 Å². The molecule has 0 radical (unpaired) electrons. The maximum atomic E-state index is 13.2. The predicted octanol–water partition coefficient (Wildman–Crippen LogP) is 4.26. The Bertz CT molecular complexity index is 991. The molecule has 1 fully saturated rings. The van der Waals surface area contributed by atoms with Gasteiger partial charge in [0.25, 0.3) is 0 Å². The lowest BCUT2D eigenvalue weighted by molar-refractivity contribution is -0.138. The summed E-state index contributed by atoms with van der Waals surface area (Å²) < 4.78 is 41.3. The zero-order valence-corrected chi connectivity index (χ0v) is 16.3. The molecule has 0 spiro atoms. The molecule has 3 aromatic heterocycles. The van der Waals surface area contributed by atoms with Crippen LogP contribution >= 0.6 is 11.3 Å². The van der Waals surface area contributed by atoms with E-state index in [2.05, 4.69) is 30.4 Å². The lowest BCUT2D eigenvalue weighted by Gasteiger charge is -2.21. The Morgan fingerprint density at radius 3 is 2.57 bits per heavy atom. The van der Waals surface area contributed by atoms with Crippen LogP contribution in [0.15, 0.2) is 18.9 Å². The minimum absolute atomic E-state index is 0.0651. The highest BCUT2D eigenvalue weighted by Crippen LogP contribution is 2.45. The number of hydrogen-bond donors (Lipinski definition) is 1. The Morgan fingerprint density at radius 1 is 1.21 bits per heavy atom. The molecule has 1 aliphatic rings. The van der Waals surface area contributed by atoms with Gasteiger partial charge in [0.05, 0.1) is 17.0 Å². The van der Waals surface area contributed by atoms with Crippen LogP contribution in [0.5, 0.6) is 0 Å². The fourth-order valence-corrected chi connectivity index (χ4v) is 3.87. The number of nitrogens with one attached hydrogen (secondary N) is 1. The van der Waals surface area contributed by atoms with E-state index in [1.807, 2.05) is 20.8 Å². The van der Waals surface area contributed by atoms with E-state index in [0.29, 0.717) is 10.7 Å². The molecular formula is C17H18F3N7S. The average molecular weight is 409 g/mol. The van der Waals surface area contributed by atoms with Gasteiger partial charge in [-0.3, -0.25) is 0 Å². The molecule has 28 heavy (non-hydrogen) atoms. The van der Waals surface area contributed by atoms with Crippen LogP contribution in [0, 0.1) is 6.92 Å². The first-order valence-corrected chi connectivity index (χ1v) is 9.52. The molecule has 3 heterocycles. The third-order valence-corrected chi connectivity index (χ3v) is 6.01. The topological polar surface area (TPSA) is 81.4 Å². The fourth-order valence-electron chi connectivity index (χ4n) is 2.81. The van der Waals surface area contributed by atoms with Gasteiger partial charge in [-0.2, -0.15) is 18.3 Å². The zero-order chi connectivity index (χ0) is 20.1. The quantitative estimate of drug-likeness (QED) is 0.678. The smallest absolute Gasteiger partial charge is 0.314 e. The van der Waals surface area contributed by atoms with Crippen LogP contribution in [0.4, 0.5) is 24.1 Å². The molecule has 148 valence electrons. The largest absolute Gasteiger partial charge is 0.419 e. The molecule has 0 aromatic carbocycles. The third-order valence-electron chi connectivity index (χ3n) is 4.62. The summed E-state index contributed by atoms with van der Waals surface area (Å²) in [4.78, 5) is 16.6. The lowest BCUT2D eigenvalue weighted by Crippen LogP contribution is -2.28. The molecule has 1 aliphatic carbocycles. The van der Waals surface area contributed by atoms with Gasteiger partial charge in [-0.15, -0.1) is 0 Å². The molecule has 11 heteroatoms. The van der Waals surface area contributed by atoms with Crippen molar-refractivity contribution in [2.45, 2.75) is 51.2 Å². The van der Waals surface area contributed by atoms with Crippen molar-refractivity contribution < 1.29 is 13.2 Å². The molecule has 0 amide bonds. The highest BCUT2D eigenvalue weighted by molar-refractivity contribution is 7.16. The van der Waals surface area contributed by atoms with Gasteiger partial charge in [-0.25, -0.2) is 24.6 Å². The van der Waals surface area contributed by atoms with Crippen molar-refractivity contribution in [1.29, 1.82) is 0 Å². The van der Waals surface area contributed by atoms with Gasteiger partial charge in [-0.05, 0) is 33.6 Å². The number of anilines is 2. The first kappa shape index (κ1) is 18.8. The molecule has 3 aromatic rings. The van der Waals surface area contributed by atoms with Gasteiger partial charge in [0.15, 0.2) is 0 Å². The van der Waals surface area contributed by atoms with Crippen LogP contribution in [0.3, 0.4) is 0 Å². The van der Waals surface area contributed by atoms with Crippen LogP contribution in [0.25, 0.3) is 0 Å². The van der Waals surface area contributed by atoms with Crippen LogP contribution in [0.1, 0.15) is 54.6 Å². The molecule has 0 saturated heterocycles. The second kappa shape index (κ2) is 6.50. The van der Waals surface area contributed by atoms with Crippen molar-refractivity contribution in [3.05, 3.63) is 40.8 Å². The second-order valence-electron chi connectivity index (χ2n) is 7.22. The molecule has 0 bridgehead atoms. The summed E-state index contributed by atoms with van der Waals surface area (Å²) in [5, 5.41) is 8.68. The fraction of sp³-hybridized carbons (Fsp3) is 0.471. The highest BCUT2D eigenvalue weighted by atomic mass is 32.1. The summed E-state index contributed by atoms with van der Waals surface area (Å²) in [6.07, 6.45) is 0.914. The third kappa shape index (κ3) is 3.46. The van der Waals surface area contributed by atoms with Crippen molar-refractivity contribution in [2.24, 2.45) is 0 Å². The van der Waals surface area contributed by atoms with E-state index in [1.165, 1.54) is 17.7 Å². The number of halogens is 3. The van der Waals surface area contributed by atoms with Crippen molar-refractivity contribution in [3.63, 3.8) is 0 Å². The summed E-state index contributed by atoms with van der Waals surface area (Å²) in [6.45, 7) is 5.75. The molecular weight excluding hydrogens is 391 g/mol. The van der Waals surface area contributed by atoms with Gasteiger partial charge >= 0.3 is 6.18 Å². The SMILES string of the molecule is Cc1nc(C(C)(C)n2cncn2)sc1Nc1ncc(C(F)(F)F)c(C2CC2)n1. The molecule has 0 aliphatic heterocycles. The van der Waals surface area contributed by atoms with Crippen molar-refractivity contribution in [1.82, 2.24) is 29.7 Å². The molecule has 0 atom stereocenters. The van der Waals surface area contributed by atoms with Crippen molar-refractivity contribution >= 4 is 22.3 Å². The maximum Gasteiger partial charge on any atom is 0.419 e. The van der Waals surface area contributed by atoms with E-state index in [4.69, 9.17) is 0 Å². The number of aryl methyl sites for hydroxylation is 1. The standard InChI is InChI=1S/C17H18F3N7S/c1-9-13(28-14(24-9)16(2,3)27-8-21-7-23-27)26-15-22-6-11(17(18,19)20)12(25-15)10-4-5-10/h6-8,10H,4-5H2,1-3H3,(H,22,25,26). The van der Waals surface area contributed by atoms with E-state index in [9.17, 15) is 13.2 Å². The molecule has 1 saturated carbocycles. The van der Waals surface area contributed by atoms with E-state index in [-0.39, 0.29) is 17.6 Å². The maximum absolute atomic E-state index is 13.2. The number of rotatable bonds is 5. The van der Waals surface area contributed by atoms with E-state index < -0.39 is 17.3 Å². The van der Waals surface area contributed by atoms with Crippen LogP contribution in [-0.2, 0) is 11.7 Å². The molecule has 0 unspecified atom stereocenters. The van der Waals surface area contributed by atoms with Crippen LogP contribution < -0.4 is 5.32 Å². The van der Waals surface area contributed by atoms with E-state index >= 15 is 0 Å². The van der Waals surface area contributed by atoms with Crippen molar-refractivity contribution in [2.75, 3.05) is 5.32 Å². The Balaban J connectivity index is 1.64. The predicted molar refractivity (Wildman–Crippen MR) is 97.6 cm³/mol. The van der Waals surface area contributed by atoms with Crippen LogP contribution in [0.2, 0.25) is 0 Å². The number of nitrogens with zero attached hydrogens (tertiary/aromatic N) is 6. The number of hydrogen-bond acceptors (Lipinski definition) is 7. The van der Waals surface area contributed by atoms with Crippen LogP contribution in [-0.4, -0.2) is 29.7 Å². The summed E-state index contributed by atoms with van der Waals surface area (Å²) in [6, 6.07) is 0. The summed E-state index contributed by atoms with van der Waals surface area (Å²) in [5.41, 5.74) is -0.499. The molecule has 4 rings (SSSR count). The summed E-state index contributed by atoms with van der Waals surface area (Å²) >= 11 is 1.39. The second-order valence-corrected chi connectivity index (χ2v) is 8.22. The minimum atomic E-state index is -4.45. The Hall–Kier alpha value is -2.56. The van der Waals surface area contributed by atoms with Gasteiger partial charge in [0, 0.05) is 12.1 Å². The Morgan fingerprint density at radius 2 is 1.96 bits per heavy atom. The summed E-state index contributed by atoms with van der Waals surface area (Å²) in [5.74, 6) is -0.00342. The first-order valence-electron chi connectivity index (χ1n) is 8.70. The number of alkyl halides is 3. The van der Waals surface area contributed by atoms with E-state index in [1.54, 1.807) is 11.0 Å². The van der Waals surface area contributed by atoms with Gasteiger partial charge < -0.3 is 5.32 Å². The monoisotopic (exact) mass is 409 g/mol. The van der Waals surface area contributed by atoms with Gasteiger partial charge in [0.2, 0.25) is 5.95 Å². The number of aromatic nitrogens is 6. The van der Waals surface area contributed by atoms with E-state index in [0.717, 1.165) is 24.0 Å². The van der Waals surface area contributed by atoms with Gasteiger partial charge in [0.1, 0.15) is 28.2 Å². The Kier molecular flexibility index (Phi) is 4.36. The lowest BCUT2D eigenvalue weighted by atomic mass is 10.1. The average Bonchev–Trinajstić information content (AvgIpc) is 3.17. The number of thiazole rings is 1. The molecule has 7 nitrogen and oxygen atoms in total. The minimum Gasteiger partial charge on any atom is -0.314 e.